The first-order chi connectivity index (χ1) is 12.1. The van der Waals surface area contributed by atoms with Gasteiger partial charge < -0.3 is 9.47 Å². The minimum Gasteiger partial charge on any atom is -0.491 e. The summed E-state index contributed by atoms with van der Waals surface area (Å²) in [6, 6.07) is 4.76. The van der Waals surface area contributed by atoms with Crippen LogP contribution in [0, 0.1) is 0 Å². The summed E-state index contributed by atoms with van der Waals surface area (Å²) in [5, 5.41) is 8.75. The molecule has 3 rings (SSSR count). The number of hydrogen-bond donors (Lipinski definition) is 2. The number of fused-ring (bicyclic) bond motifs is 1. The Kier molecular flexibility index (Phi) is 7.16. The van der Waals surface area contributed by atoms with Crippen LogP contribution in [-0.2, 0) is 11.3 Å². The highest BCUT2D eigenvalue weighted by Crippen LogP contribution is 2.28. The number of carbonyl (C=O) groups excluding carboxylic acids is 2. The van der Waals surface area contributed by atoms with Gasteiger partial charge in [-0.25, -0.2) is 10.3 Å². The molecule has 8 heteroatoms. The van der Waals surface area contributed by atoms with E-state index in [4.69, 9.17) is 14.7 Å². The van der Waals surface area contributed by atoms with Crippen LogP contribution in [0.1, 0.15) is 54.9 Å². The number of benzene rings is 1. The average Bonchev–Trinajstić information content (AvgIpc) is 2.80. The number of nitrogens with zero attached hydrogens (tertiary/aromatic N) is 1. The van der Waals surface area contributed by atoms with Crippen molar-refractivity contribution in [2.45, 2.75) is 57.7 Å². The van der Waals surface area contributed by atoms with Gasteiger partial charge in [0, 0.05) is 11.1 Å². The van der Waals surface area contributed by atoms with Crippen LogP contribution in [0.15, 0.2) is 18.2 Å². The standard InChI is InChI=1S/C18H24N2O5.H2S/c1-12-11-24-16-9-13(17(21)19-23)7-8-14(16)10-20(12)18(22)25-15-5-3-2-4-6-15;/h7-9,12,15,23H,2-6,10-11H2,1H3,(H,19,21);1H2/t12-;/m0./s1. The zero-order chi connectivity index (χ0) is 17.8. The van der Waals surface area contributed by atoms with Crippen LogP contribution in [-0.4, -0.2) is 40.9 Å². The third-order valence-electron chi connectivity index (χ3n) is 4.84. The van der Waals surface area contributed by atoms with E-state index < -0.39 is 5.91 Å². The number of carbonyl (C=O) groups is 2. The van der Waals surface area contributed by atoms with E-state index in [-0.39, 0.29) is 31.7 Å². The van der Waals surface area contributed by atoms with E-state index in [2.05, 4.69) is 0 Å². The van der Waals surface area contributed by atoms with E-state index in [1.807, 2.05) is 6.92 Å². The van der Waals surface area contributed by atoms with Crippen molar-refractivity contribution in [1.82, 2.24) is 10.4 Å². The topological polar surface area (TPSA) is 88.1 Å². The molecule has 144 valence electrons. The Labute approximate surface area is 160 Å². The normalized spacial score (nSPS) is 20.1. The van der Waals surface area contributed by atoms with Gasteiger partial charge in [-0.05, 0) is 44.7 Å². The second-order valence-corrected chi connectivity index (χ2v) is 6.70. The first-order valence-corrected chi connectivity index (χ1v) is 8.76. The molecular weight excluding hydrogens is 356 g/mol. The van der Waals surface area contributed by atoms with Crippen molar-refractivity contribution in [3.05, 3.63) is 29.3 Å². The summed E-state index contributed by atoms with van der Waals surface area (Å²) < 4.78 is 11.4. The Morgan fingerprint density at radius 1 is 1.27 bits per heavy atom. The summed E-state index contributed by atoms with van der Waals surface area (Å²) in [5.41, 5.74) is 2.71. The van der Waals surface area contributed by atoms with Gasteiger partial charge in [0.2, 0.25) is 0 Å². The van der Waals surface area contributed by atoms with Crippen LogP contribution in [0.5, 0.6) is 5.75 Å². The largest absolute Gasteiger partial charge is 0.491 e. The van der Waals surface area contributed by atoms with Gasteiger partial charge in [0.05, 0.1) is 12.6 Å². The molecule has 1 aliphatic carbocycles. The van der Waals surface area contributed by atoms with Crippen molar-refractivity contribution < 1.29 is 24.3 Å². The monoisotopic (exact) mass is 382 g/mol. The summed E-state index contributed by atoms with van der Waals surface area (Å²) in [6.45, 7) is 2.59. The van der Waals surface area contributed by atoms with Crippen LogP contribution in [0.25, 0.3) is 0 Å². The predicted molar refractivity (Wildman–Crippen MR) is 99.9 cm³/mol. The van der Waals surface area contributed by atoms with Crippen molar-refractivity contribution >= 4 is 25.5 Å². The van der Waals surface area contributed by atoms with E-state index in [0.29, 0.717) is 24.5 Å². The lowest BCUT2D eigenvalue weighted by Crippen LogP contribution is -2.41. The van der Waals surface area contributed by atoms with Crippen molar-refractivity contribution in [2.24, 2.45) is 0 Å². The van der Waals surface area contributed by atoms with Crippen LogP contribution < -0.4 is 10.2 Å². The highest BCUT2D eigenvalue weighted by atomic mass is 32.1. The molecular formula is C18H26N2O5S. The molecule has 26 heavy (non-hydrogen) atoms. The number of ether oxygens (including phenoxy) is 2. The summed E-state index contributed by atoms with van der Waals surface area (Å²) >= 11 is 0. The molecule has 0 bridgehead atoms. The van der Waals surface area contributed by atoms with E-state index in [0.717, 1.165) is 31.2 Å². The van der Waals surface area contributed by atoms with E-state index in [1.165, 1.54) is 6.42 Å². The molecule has 2 N–H and O–H groups in total. The maximum absolute atomic E-state index is 12.6. The fraction of sp³-hybridized carbons (Fsp3) is 0.556. The lowest BCUT2D eigenvalue weighted by atomic mass is 9.98. The Bertz CT molecular complexity index is 648. The molecule has 0 spiro atoms. The molecule has 1 aromatic rings. The van der Waals surface area contributed by atoms with Gasteiger partial charge in [0.15, 0.2) is 0 Å². The summed E-state index contributed by atoms with van der Waals surface area (Å²) in [5.74, 6) is -0.0572. The van der Waals surface area contributed by atoms with Crippen molar-refractivity contribution in [2.75, 3.05) is 6.61 Å². The number of hydroxylamine groups is 1. The van der Waals surface area contributed by atoms with Crippen LogP contribution in [0.4, 0.5) is 4.79 Å². The smallest absolute Gasteiger partial charge is 0.410 e. The van der Waals surface area contributed by atoms with Crippen molar-refractivity contribution in [1.29, 1.82) is 0 Å². The Balaban J connectivity index is 0.00000243. The van der Waals surface area contributed by atoms with Crippen LogP contribution in [0.2, 0.25) is 0 Å². The van der Waals surface area contributed by atoms with Gasteiger partial charge in [-0.15, -0.1) is 0 Å². The molecule has 1 heterocycles. The molecule has 0 saturated heterocycles. The number of nitrogens with one attached hydrogen (secondary N) is 1. The number of rotatable bonds is 2. The van der Waals surface area contributed by atoms with Gasteiger partial charge >= 0.3 is 6.09 Å². The van der Waals surface area contributed by atoms with Gasteiger partial charge in [0.25, 0.3) is 5.91 Å². The molecule has 1 atom stereocenters. The average molecular weight is 382 g/mol. The number of hydrogen-bond acceptors (Lipinski definition) is 5. The third-order valence-corrected chi connectivity index (χ3v) is 4.84. The lowest BCUT2D eigenvalue weighted by Gasteiger charge is -2.29. The highest BCUT2D eigenvalue weighted by molar-refractivity contribution is 7.59. The van der Waals surface area contributed by atoms with E-state index >= 15 is 0 Å². The molecule has 1 aliphatic heterocycles. The molecule has 2 aliphatic rings. The second kappa shape index (κ2) is 9.14. The predicted octanol–water partition coefficient (Wildman–Crippen LogP) is 2.97. The Hall–Kier alpha value is -1.93. The first-order valence-electron chi connectivity index (χ1n) is 8.76. The SMILES string of the molecule is C[C@H]1COc2cc(C(=O)NO)ccc2CN1C(=O)OC1CCCCC1.S. The summed E-state index contributed by atoms with van der Waals surface area (Å²) in [6.07, 6.45) is 4.98. The lowest BCUT2D eigenvalue weighted by molar-refractivity contribution is 0.0323. The van der Waals surface area contributed by atoms with Crippen LogP contribution >= 0.6 is 13.5 Å². The summed E-state index contributed by atoms with van der Waals surface area (Å²) in [7, 11) is 0. The van der Waals surface area contributed by atoms with Crippen molar-refractivity contribution in [3.63, 3.8) is 0 Å². The molecule has 2 amide bonds. The molecule has 0 radical (unpaired) electrons. The first kappa shape index (κ1) is 20.4. The fourth-order valence-corrected chi connectivity index (χ4v) is 3.30. The molecule has 1 fully saturated rings. The van der Waals surface area contributed by atoms with E-state index in [9.17, 15) is 9.59 Å². The molecule has 1 aromatic carbocycles. The summed E-state index contributed by atoms with van der Waals surface area (Å²) in [4.78, 5) is 25.8. The molecule has 0 aromatic heterocycles. The second-order valence-electron chi connectivity index (χ2n) is 6.70. The Morgan fingerprint density at radius 3 is 2.69 bits per heavy atom. The molecule has 0 unspecified atom stereocenters. The van der Waals surface area contributed by atoms with Gasteiger partial charge in [0.1, 0.15) is 18.5 Å². The van der Waals surface area contributed by atoms with Gasteiger partial charge in [-0.3, -0.25) is 14.9 Å². The maximum Gasteiger partial charge on any atom is 0.410 e. The number of amides is 2. The quantitative estimate of drug-likeness (QED) is 0.606. The zero-order valence-electron chi connectivity index (χ0n) is 14.9. The Morgan fingerprint density at radius 2 is 2.00 bits per heavy atom. The third kappa shape index (κ3) is 4.62. The minimum atomic E-state index is -0.600. The van der Waals surface area contributed by atoms with E-state index in [1.54, 1.807) is 28.6 Å². The minimum absolute atomic E-state index is 0. The molecule has 1 saturated carbocycles. The zero-order valence-corrected chi connectivity index (χ0v) is 15.9. The fourth-order valence-electron chi connectivity index (χ4n) is 3.30. The van der Waals surface area contributed by atoms with Crippen LogP contribution in [0.3, 0.4) is 0 Å². The van der Waals surface area contributed by atoms with Crippen molar-refractivity contribution in [3.8, 4) is 5.75 Å². The highest BCUT2D eigenvalue weighted by Gasteiger charge is 2.29. The molecule has 7 nitrogen and oxygen atoms in total. The maximum atomic E-state index is 12.6. The van der Waals surface area contributed by atoms with Gasteiger partial charge in [-0.2, -0.15) is 13.5 Å². The van der Waals surface area contributed by atoms with Gasteiger partial charge in [-0.1, -0.05) is 12.5 Å².